The molecule has 19 heavy (non-hydrogen) atoms. The third kappa shape index (κ3) is 3.71. The molecule has 0 radical (unpaired) electrons. The van der Waals surface area contributed by atoms with E-state index in [9.17, 15) is 4.39 Å². The molecule has 5 heteroatoms. The predicted octanol–water partition coefficient (Wildman–Crippen LogP) is 5.72. The van der Waals surface area contributed by atoms with Gasteiger partial charge in [-0.05, 0) is 39.7 Å². The molecule has 0 saturated heterocycles. The molecule has 0 saturated carbocycles. The standard InChI is InChI=1S/C14H10Br2ClFO/c15-7-9-4-5-13(11(16)6-9)19-8-10-2-1-3-12(17)14(10)18/h1-6H,7-8H2. The van der Waals surface area contributed by atoms with Gasteiger partial charge >= 0.3 is 0 Å². The Morgan fingerprint density at radius 3 is 2.68 bits per heavy atom. The van der Waals surface area contributed by atoms with Gasteiger partial charge in [-0.3, -0.25) is 0 Å². The summed E-state index contributed by atoms with van der Waals surface area (Å²) in [6.45, 7) is 0.138. The van der Waals surface area contributed by atoms with Gasteiger partial charge in [-0.25, -0.2) is 4.39 Å². The lowest BCUT2D eigenvalue weighted by atomic mass is 10.2. The summed E-state index contributed by atoms with van der Waals surface area (Å²) in [5.74, 6) is 0.237. The summed E-state index contributed by atoms with van der Waals surface area (Å²) in [7, 11) is 0. The first kappa shape index (κ1) is 14.8. The Kier molecular flexibility index (Phi) is 5.25. The fraction of sp³-hybridized carbons (Fsp3) is 0.143. The van der Waals surface area contributed by atoms with Crippen LogP contribution in [0, 0.1) is 5.82 Å². The Morgan fingerprint density at radius 2 is 2.00 bits per heavy atom. The van der Waals surface area contributed by atoms with E-state index in [1.54, 1.807) is 12.1 Å². The van der Waals surface area contributed by atoms with Crippen molar-refractivity contribution in [3.05, 3.63) is 62.8 Å². The number of hydrogen-bond donors (Lipinski definition) is 0. The maximum Gasteiger partial charge on any atom is 0.148 e. The Hall–Kier alpha value is -0.580. The zero-order valence-electron chi connectivity index (χ0n) is 9.80. The van der Waals surface area contributed by atoms with Gasteiger partial charge in [0, 0.05) is 10.9 Å². The fourth-order valence-electron chi connectivity index (χ4n) is 1.56. The van der Waals surface area contributed by atoms with Crippen molar-refractivity contribution in [2.75, 3.05) is 0 Å². The van der Waals surface area contributed by atoms with Crippen LogP contribution in [0.15, 0.2) is 40.9 Å². The number of benzene rings is 2. The second kappa shape index (κ2) is 6.73. The average molecular weight is 408 g/mol. The van der Waals surface area contributed by atoms with Gasteiger partial charge < -0.3 is 4.74 Å². The maximum absolute atomic E-state index is 13.7. The topological polar surface area (TPSA) is 9.23 Å². The molecule has 2 aromatic rings. The van der Waals surface area contributed by atoms with E-state index < -0.39 is 5.82 Å². The number of halogens is 4. The Bertz CT molecular complexity index is 590. The van der Waals surface area contributed by atoms with Crippen LogP contribution in [0.25, 0.3) is 0 Å². The summed E-state index contributed by atoms with van der Waals surface area (Å²) in [5.41, 5.74) is 1.57. The van der Waals surface area contributed by atoms with E-state index in [4.69, 9.17) is 16.3 Å². The molecule has 0 N–H and O–H groups in total. The quantitative estimate of drug-likeness (QED) is 0.589. The van der Waals surface area contributed by atoms with Crippen molar-refractivity contribution in [2.24, 2.45) is 0 Å². The lowest BCUT2D eigenvalue weighted by Gasteiger charge is -2.10. The van der Waals surface area contributed by atoms with E-state index in [1.165, 1.54) is 6.07 Å². The van der Waals surface area contributed by atoms with Crippen LogP contribution in [0.1, 0.15) is 11.1 Å². The summed E-state index contributed by atoms with van der Waals surface area (Å²) < 4.78 is 20.1. The molecule has 0 aliphatic rings. The maximum atomic E-state index is 13.7. The molecule has 2 aromatic carbocycles. The molecule has 0 unspecified atom stereocenters. The molecule has 0 atom stereocenters. The summed E-state index contributed by atoms with van der Waals surface area (Å²) in [5, 5.41) is 0.879. The first-order valence-corrected chi connectivity index (χ1v) is 7.81. The SMILES string of the molecule is Fc1c(Cl)cccc1COc1ccc(CBr)cc1Br. The van der Waals surface area contributed by atoms with E-state index in [0.29, 0.717) is 11.3 Å². The molecule has 0 bridgehead atoms. The molecule has 0 heterocycles. The highest BCUT2D eigenvalue weighted by atomic mass is 79.9. The summed E-state index contributed by atoms with van der Waals surface area (Å²) >= 11 is 12.5. The van der Waals surface area contributed by atoms with Crippen molar-refractivity contribution in [3.63, 3.8) is 0 Å². The minimum Gasteiger partial charge on any atom is -0.488 e. The van der Waals surface area contributed by atoms with Crippen molar-refractivity contribution in [3.8, 4) is 5.75 Å². The minimum absolute atomic E-state index is 0.106. The van der Waals surface area contributed by atoms with Gasteiger partial charge in [-0.2, -0.15) is 0 Å². The minimum atomic E-state index is -0.433. The van der Waals surface area contributed by atoms with E-state index >= 15 is 0 Å². The molecule has 2 rings (SSSR count). The van der Waals surface area contributed by atoms with E-state index in [2.05, 4.69) is 31.9 Å². The lowest BCUT2D eigenvalue weighted by Crippen LogP contribution is -1.99. The van der Waals surface area contributed by atoms with Gasteiger partial charge in [0.1, 0.15) is 18.2 Å². The van der Waals surface area contributed by atoms with Gasteiger partial charge in [0.25, 0.3) is 0 Å². The molecule has 0 aliphatic heterocycles. The monoisotopic (exact) mass is 406 g/mol. The third-order valence-electron chi connectivity index (χ3n) is 2.57. The van der Waals surface area contributed by atoms with Crippen LogP contribution in [-0.4, -0.2) is 0 Å². The van der Waals surface area contributed by atoms with Gasteiger partial charge in [-0.1, -0.05) is 45.7 Å². The highest BCUT2D eigenvalue weighted by Crippen LogP contribution is 2.28. The molecular weight excluding hydrogens is 398 g/mol. The van der Waals surface area contributed by atoms with Crippen LogP contribution < -0.4 is 4.74 Å². The first-order valence-electron chi connectivity index (χ1n) is 5.52. The van der Waals surface area contributed by atoms with Crippen molar-refractivity contribution in [2.45, 2.75) is 11.9 Å². The van der Waals surface area contributed by atoms with Crippen molar-refractivity contribution < 1.29 is 9.13 Å². The normalized spacial score (nSPS) is 10.5. The van der Waals surface area contributed by atoms with Crippen LogP contribution in [0.5, 0.6) is 5.75 Å². The first-order chi connectivity index (χ1) is 9.11. The fourth-order valence-corrected chi connectivity index (χ4v) is 2.64. The zero-order valence-corrected chi connectivity index (χ0v) is 13.7. The second-order valence-corrected chi connectivity index (χ2v) is 5.72. The Balaban J connectivity index is 2.12. The van der Waals surface area contributed by atoms with Crippen molar-refractivity contribution in [1.82, 2.24) is 0 Å². The van der Waals surface area contributed by atoms with E-state index in [-0.39, 0.29) is 11.6 Å². The van der Waals surface area contributed by atoms with Crippen LogP contribution in [0.2, 0.25) is 5.02 Å². The highest BCUT2D eigenvalue weighted by molar-refractivity contribution is 9.10. The summed E-state index contributed by atoms with van der Waals surface area (Å²) in [6, 6.07) is 10.6. The van der Waals surface area contributed by atoms with Crippen molar-refractivity contribution in [1.29, 1.82) is 0 Å². The summed E-state index contributed by atoms with van der Waals surface area (Å²) in [4.78, 5) is 0. The van der Waals surface area contributed by atoms with Crippen LogP contribution >= 0.6 is 43.5 Å². The van der Waals surface area contributed by atoms with Crippen LogP contribution in [0.4, 0.5) is 4.39 Å². The zero-order chi connectivity index (χ0) is 13.8. The molecule has 0 fully saturated rings. The molecule has 0 aliphatic carbocycles. The lowest BCUT2D eigenvalue weighted by molar-refractivity contribution is 0.298. The van der Waals surface area contributed by atoms with E-state index in [0.717, 1.165) is 15.4 Å². The Labute approximate surface area is 133 Å². The molecule has 0 aromatic heterocycles. The van der Waals surface area contributed by atoms with Crippen molar-refractivity contribution >= 4 is 43.5 Å². The molecule has 1 nitrogen and oxygen atoms in total. The number of alkyl halides is 1. The number of ether oxygens (including phenoxy) is 1. The summed E-state index contributed by atoms with van der Waals surface area (Å²) in [6.07, 6.45) is 0. The average Bonchev–Trinajstić information content (AvgIpc) is 2.41. The van der Waals surface area contributed by atoms with Crippen LogP contribution in [0.3, 0.4) is 0 Å². The highest BCUT2D eigenvalue weighted by Gasteiger charge is 2.08. The second-order valence-electron chi connectivity index (χ2n) is 3.90. The molecule has 0 spiro atoms. The van der Waals surface area contributed by atoms with Gasteiger partial charge in [0.2, 0.25) is 0 Å². The predicted molar refractivity (Wildman–Crippen MR) is 82.5 cm³/mol. The molecular formula is C14H10Br2ClFO. The van der Waals surface area contributed by atoms with Gasteiger partial charge in [0.05, 0.1) is 9.50 Å². The largest absolute Gasteiger partial charge is 0.488 e. The molecule has 0 amide bonds. The smallest absolute Gasteiger partial charge is 0.148 e. The van der Waals surface area contributed by atoms with Gasteiger partial charge in [0.15, 0.2) is 0 Å². The number of rotatable bonds is 4. The molecule has 100 valence electrons. The third-order valence-corrected chi connectivity index (χ3v) is 4.12. The van der Waals surface area contributed by atoms with Crippen LogP contribution in [-0.2, 0) is 11.9 Å². The Morgan fingerprint density at radius 1 is 1.21 bits per heavy atom. The number of hydrogen-bond acceptors (Lipinski definition) is 1. The van der Waals surface area contributed by atoms with E-state index in [1.807, 2.05) is 18.2 Å². The van der Waals surface area contributed by atoms with Gasteiger partial charge in [-0.15, -0.1) is 0 Å².